The van der Waals surface area contributed by atoms with E-state index >= 15 is 0 Å². The summed E-state index contributed by atoms with van der Waals surface area (Å²) in [6, 6.07) is -9.16. The molecule has 1 radical (unpaired) electrons. The van der Waals surface area contributed by atoms with Gasteiger partial charge in [-0.15, -0.1) is 0 Å². The maximum Gasteiger partial charge on any atom is 0.460 e. The van der Waals surface area contributed by atoms with Gasteiger partial charge >= 0.3 is 54.1 Å². The van der Waals surface area contributed by atoms with Crippen LogP contribution < -0.4 is 0 Å². The number of carbonyl (C=O) groups excluding carboxylic acids is 3. The Hall–Kier alpha value is -2.26. The molecule has 0 atom stereocenters. The van der Waals surface area contributed by atoms with E-state index in [2.05, 4.69) is 0 Å². The monoisotopic (exact) mass is 1070 g/mol. The van der Waals surface area contributed by atoms with E-state index in [1.54, 1.807) is 0 Å². The molecule has 0 aromatic carbocycles. The van der Waals surface area contributed by atoms with Gasteiger partial charge in [0.1, 0.15) is 17.3 Å². The van der Waals surface area contributed by atoms with Gasteiger partial charge in [0.2, 0.25) is 17.3 Å². The van der Waals surface area contributed by atoms with E-state index in [4.69, 9.17) is 41.1 Å². The fourth-order valence-electron chi connectivity index (χ4n) is 1.80. The Kier molecular flexibility index (Phi) is 8.28. The maximum absolute atomic E-state index is 13.5. The van der Waals surface area contributed by atoms with Gasteiger partial charge in [-0.3, -0.25) is 14.4 Å². The number of halogens is 21. The van der Waals surface area contributed by atoms with Crippen LogP contribution in [0.5, 0.6) is 0 Å². The molecule has 343 valence electrons. The zero-order valence-electron chi connectivity index (χ0n) is 55.9. The van der Waals surface area contributed by atoms with Crippen LogP contribution in [0.2, 0.25) is 0 Å². The normalized spacial score (nSPS) is 25.4. The standard InChI is InChI=1S/3C10H11F7O2.Eu/c3*1-7(2,3)5(18)4-6(19)8(11,12)9(13,14)10(15,16)17;/h3*4,18H,1-3H3;/b5-4-;;;/i3*1D3,2D3,3D3,4D;. The van der Waals surface area contributed by atoms with Crippen molar-refractivity contribution in [3.8, 4) is 0 Å². The Morgan fingerprint density at radius 1 is 0.379 bits per heavy atom. The minimum Gasteiger partial charge on any atom is -0.512 e. The van der Waals surface area contributed by atoms with Crippen LogP contribution in [0.3, 0.4) is 0 Å². The first-order valence-corrected chi connectivity index (χ1v) is 12.0. The van der Waals surface area contributed by atoms with Gasteiger partial charge in [-0.25, -0.2) is 0 Å². The molecule has 0 amide bonds. The van der Waals surface area contributed by atoms with Gasteiger partial charge in [0.15, 0.2) is 0 Å². The Labute approximate surface area is 397 Å². The van der Waals surface area contributed by atoms with Crippen molar-refractivity contribution in [3.63, 3.8) is 0 Å². The summed E-state index contributed by atoms with van der Waals surface area (Å²) in [6.07, 6.45) is -21.2. The molecule has 0 spiro atoms. The number of rotatable bonds is 9. The fraction of sp³-hybridized carbons (Fsp3) is 0.700. The molecule has 0 aromatic heterocycles. The van der Waals surface area contributed by atoms with E-state index in [1.165, 1.54) is 0 Å². The third kappa shape index (κ3) is 15.0. The number of aliphatic hydroxyl groups excluding tert-OH is 3. The first kappa shape index (κ1) is 25.0. The molecule has 0 saturated carbocycles. The minimum absolute atomic E-state index is 0. The van der Waals surface area contributed by atoms with Crippen LogP contribution in [-0.2, 0) is 14.4 Å². The molecule has 0 aromatic rings. The van der Waals surface area contributed by atoms with E-state index in [0.717, 1.165) is 0 Å². The van der Waals surface area contributed by atoms with Crippen molar-refractivity contribution >= 4 is 17.3 Å². The van der Waals surface area contributed by atoms with Crippen LogP contribution in [0.4, 0.5) is 92.2 Å². The third-order valence-electron chi connectivity index (χ3n) is 4.87. The number of ketones is 3. The van der Waals surface area contributed by atoms with Crippen molar-refractivity contribution in [1.29, 1.82) is 0 Å². The zero-order chi connectivity index (χ0) is 72.7. The molecule has 0 aliphatic heterocycles. The topological polar surface area (TPSA) is 112 Å². The molecule has 58 heavy (non-hydrogen) atoms. The van der Waals surface area contributed by atoms with Crippen molar-refractivity contribution in [3.05, 3.63) is 35.4 Å². The molecule has 0 aliphatic rings. The van der Waals surface area contributed by atoms with E-state index in [-0.39, 0.29) is 49.4 Å². The van der Waals surface area contributed by atoms with Crippen LogP contribution >= 0.6 is 0 Å². The SMILES string of the molecule is [2H]/C(C(=O)C(F)(F)C(F)(F)C(F)(F)F)=C(/O)C(C([2H])([2H])[2H])(C([2H])([2H])[2H])C([2H])([2H])[2H].[2H]C(C(=O)C(F)(F)C(F)(F)C(F)(F)F)=C(O)C(C([2H])([2H])[2H])(C([2H])([2H])[2H])C([2H])([2H])[2H].[2H]C(C(=O)C(F)(F)C(F)(F)C(F)(F)F)=C(O)C(C([2H])([2H])[2H])(C([2H])([2H])[2H])C([2H])([2H])[2H].[Eu]. The van der Waals surface area contributed by atoms with Crippen molar-refractivity contribution in [1.82, 2.24) is 0 Å². The first-order chi connectivity index (χ1) is 36.7. The largest absolute Gasteiger partial charge is 0.512 e. The zero-order valence-corrected chi connectivity index (χ0v) is 28.3. The molecule has 0 bridgehead atoms. The number of aliphatic hydroxyl groups is 3. The first-order valence-electron chi connectivity index (χ1n) is 27.0. The van der Waals surface area contributed by atoms with E-state index in [0.29, 0.717) is 0 Å². The van der Waals surface area contributed by atoms with Gasteiger partial charge < -0.3 is 15.3 Å². The molecule has 0 aliphatic carbocycles. The third-order valence-corrected chi connectivity index (χ3v) is 4.87. The fourth-order valence-corrected chi connectivity index (χ4v) is 1.80. The van der Waals surface area contributed by atoms with Gasteiger partial charge in [0.25, 0.3) is 0 Å². The van der Waals surface area contributed by atoms with Crippen molar-refractivity contribution in [2.24, 2.45) is 16.2 Å². The molecule has 28 heteroatoms. The summed E-state index contributed by atoms with van der Waals surface area (Å²) in [5, 5.41) is 29.3. The van der Waals surface area contributed by atoms with E-state index < -0.39 is 185 Å². The Morgan fingerprint density at radius 3 is 0.621 bits per heavy atom. The van der Waals surface area contributed by atoms with Gasteiger partial charge in [0, 0.05) is 121 Å². The van der Waals surface area contributed by atoms with E-state index in [1.807, 2.05) is 0 Å². The second-order valence-electron chi connectivity index (χ2n) is 9.60. The van der Waals surface area contributed by atoms with Crippen LogP contribution in [0.25, 0.3) is 0 Å². The molecular formula is C30H33EuF21O6. The summed E-state index contributed by atoms with van der Waals surface area (Å²) in [4.78, 5) is 34.3. The van der Waals surface area contributed by atoms with Gasteiger partial charge in [-0.1, -0.05) is 61.7 Å². The minimum atomic E-state index is -7.13. The molecule has 6 nitrogen and oxygen atoms in total. The molecule has 0 unspecified atom stereocenters. The van der Waals surface area contributed by atoms with Crippen LogP contribution in [0.1, 0.15) is 103 Å². The number of hydrogen-bond acceptors (Lipinski definition) is 6. The average molecular weight is 1070 g/mol. The van der Waals surface area contributed by atoms with Gasteiger partial charge in [-0.2, -0.15) is 92.2 Å². The van der Waals surface area contributed by atoms with Crippen LogP contribution in [0.15, 0.2) is 35.4 Å². The molecule has 0 rings (SSSR count). The maximum atomic E-state index is 13.5. The van der Waals surface area contributed by atoms with Gasteiger partial charge in [0.05, 0.1) is 4.11 Å². The second kappa shape index (κ2) is 19.2. The molecular weight excluding hydrogens is 1010 g/mol. The predicted molar refractivity (Wildman–Crippen MR) is 153 cm³/mol. The van der Waals surface area contributed by atoms with Crippen molar-refractivity contribution < 1.29 is 212 Å². The molecule has 0 heterocycles. The van der Waals surface area contributed by atoms with Gasteiger partial charge in [-0.05, 0) is 0 Å². The summed E-state index contributed by atoms with van der Waals surface area (Å²) in [7, 11) is 0. The predicted octanol–water partition coefficient (Wildman–Crippen LogP) is 11.6. The number of allylic oxidation sites excluding steroid dienone is 6. The van der Waals surface area contributed by atoms with Crippen molar-refractivity contribution in [2.75, 3.05) is 0 Å². The molecule has 0 fully saturated rings. The number of alkyl halides is 21. The molecule has 0 saturated heterocycles. The average Bonchev–Trinajstić information content (AvgIpc) is 3.19. The summed E-state index contributed by atoms with van der Waals surface area (Å²) < 4.78 is 481. The van der Waals surface area contributed by atoms with Crippen LogP contribution in [-0.4, -0.2) is 86.7 Å². The summed E-state index contributed by atoms with van der Waals surface area (Å²) in [5.41, 5.74) is -13.9. The Morgan fingerprint density at radius 2 is 0.517 bits per heavy atom. The number of hydrogen-bond donors (Lipinski definition) is 3. The summed E-state index contributed by atoms with van der Waals surface area (Å²) in [5.74, 6) is -62.2. The molecule has 3 N–H and O–H groups in total. The van der Waals surface area contributed by atoms with Crippen molar-refractivity contribution in [2.45, 2.75) is 116 Å². The van der Waals surface area contributed by atoms with Crippen LogP contribution in [0, 0.1) is 65.6 Å². The Bertz CT molecular complexity index is 2240. The quantitative estimate of drug-likeness (QED) is 0.120. The van der Waals surface area contributed by atoms with E-state index in [9.17, 15) is 122 Å². The second-order valence-corrected chi connectivity index (χ2v) is 9.60. The summed E-state index contributed by atoms with van der Waals surface area (Å²) >= 11 is 0. The smallest absolute Gasteiger partial charge is 0.460 e. The Balaban J connectivity index is -0.000000598. The number of carbonyl (C=O) groups is 3. The summed E-state index contributed by atoms with van der Waals surface area (Å²) in [6.45, 7) is -39.6.